The summed E-state index contributed by atoms with van der Waals surface area (Å²) in [7, 11) is 3.89. The highest BCUT2D eigenvalue weighted by molar-refractivity contribution is 5.76. The van der Waals surface area contributed by atoms with Gasteiger partial charge in [-0.2, -0.15) is 0 Å². The van der Waals surface area contributed by atoms with Crippen molar-refractivity contribution in [2.75, 3.05) is 46.9 Å². The minimum absolute atomic E-state index is 0.303. The number of piperazine rings is 1. The van der Waals surface area contributed by atoms with E-state index in [1.54, 1.807) is 7.11 Å². The lowest BCUT2D eigenvalue weighted by Gasteiger charge is -2.36. The van der Waals surface area contributed by atoms with Gasteiger partial charge in [0.2, 0.25) is 0 Å². The molecule has 1 fully saturated rings. The molecule has 1 aliphatic heterocycles. The Morgan fingerprint density at radius 3 is 2.59 bits per heavy atom. The highest BCUT2D eigenvalue weighted by Gasteiger charge is 2.24. The van der Waals surface area contributed by atoms with Crippen molar-refractivity contribution >= 4 is 17.1 Å². The van der Waals surface area contributed by atoms with Gasteiger partial charge >= 0.3 is 0 Å². The number of unbranched alkanes of at least 4 members (excludes halogenated alkanes) is 1. The molecule has 0 saturated carbocycles. The smallest absolute Gasteiger partial charge is 0.161 e. The predicted molar refractivity (Wildman–Crippen MR) is 140 cm³/mol. The quantitative estimate of drug-likeness (QED) is 0.385. The van der Waals surface area contributed by atoms with Crippen LogP contribution in [0.25, 0.3) is 17.1 Å². The number of hydrogen-bond acceptors (Lipinski definition) is 5. The molecule has 6 nitrogen and oxygen atoms in total. The maximum atomic E-state index is 6.06. The number of para-hydroxylation sites is 2. The molecule has 1 aliphatic rings. The average Bonchev–Trinajstić information content (AvgIpc) is 3.23. The number of likely N-dealkylation sites (N-methyl/N-ethyl adjacent to an activating group) is 1. The SMILES string of the molecule is C/C=C/c1ccc(OCCCCn2c(C(C)N3CCN(C)CC3)nc3ccccc32)c(OC)c1. The number of aromatic nitrogens is 2. The molecule has 3 aromatic rings. The van der Waals surface area contributed by atoms with E-state index in [2.05, 4.69) is 64.7 Å². The first-order valence-corrected chi connectivity index (χ1v) is 12.4. The van der Waals surface area contributed by atoms with E-state index in [-0.39, 0.29) is 0 Å². The molecule has 1 saturated heterocycles. The summed E-state index contributed by atoms with van der Waals surface area (Å²) in [6.45, 7) is 10.3. The Morgan fingerprint density at radius 1 is 1.03 bits per heavy atom. The molecule has 2 aromatic carbocycles. The number of benzene rings is 2. The minimum atomic E-state index is 0.303. The van der Waals surface area contributed by atoms with E-state index in [1.807, 2.05) is 25.1 Å². The molecular weight excluding hydrogens is 424 g/mol. The molecule has 0 bridgehead atoms. The molecule has 4 rings (SSSR count). The molecule has 0 amide bonds. The van der Waals surface area contributed by atoms with Crippen molar-refractivity contribution in [3.05, 3.63) is 59.9 Å². The van der Waals surface area contributed by atoms with Gasteiger partial charge in [0.25, 0.3) is 0 Å². The molecule has 0 radical (unpaired) electrons. The maximum Gasteiger partial charge on any atom is 0.161 e. The van der Waals surface area contributed by atoms with Crippen molar-refractivity contribution < 1.29 is 9.47 Å². The number of allylic oxidation sites excluding steroid dienone is 1. The number of methoxy groups -OCH3 is 1. The third-order valence-corrected chi connectivity index (χ3v) is 6.72. The summed E-state index contributed by atoms with van der Waals surface area (Å²) in [5, 5.41) is 0. The molecular formula is C28H38N4O2. The Morgan fingerprint density at radius 2 is 1.82 bits per heavy atom. The average molecular weight is 463 g/mol. The van der Waals surface area contributed by atoms with E-state index in [0.29, 0.717) is 12.6 Å². The minimum Gasteiger partial charge on any atom is -0.493 e. The van der Waals surface area contributed by atoms with Crippen LogP contribution in [0.3, 0.4) is 0 Å². The summed E-state index contributed by atoms with van der Waals surface area (Å²) < 4.78 is 14.0. The van der Waals surface area contributed by atoms with Crippen LogP contribution in [0, 0.1) is 0 Å². The van der Waals surface area contributed by atoms with Crippen LogP contribution in [0.5, 0.6) is 11.5 Å². The van der Waals surface area contributed by atoms with Crippen LogP contribution in [0.2, 0.25) is 0 Å². The number of nitrogens with zero attached hydrogens (tertiary/aromatic N) is 4. The number of ether oxygens (including phenoxy) is 2. The predicted octanol–water partition coefficient (Wildman–Crippen LogP) is 5.25. The van der Waals surface area contributed by atoms with Crippen molar-refractivity contribution in [3.63, 3.8) is 0 Å². The Labute approximate surface area is 203 Å². The molecule has 6 heteroatoms. The fraction of sp³-hybridized carbons (Fsp3) is 0.464. The first-order valence-electron chi connectivity index (χ1n) is 12.4. The first-order chi connectivity index (χ1) is 16.6. The van der Waals surface area contributed by atoms with Crippen LogP contribution < -0.4 is 9.47 Å². The molecule has 2 heterocycles. The second kappa shape index (κ2) is 11.5. The highest BCUT2D eigenvalue weighted by atomic mass is 16.5. The van der Waals surface area contributed by atoms with Crippen LogP contribution >= 0.6 is 0 Å². The summed E-state index contributed by atoms with van der Waals surface area (Å²) in [4.78, 5) is 10.0. The van der Waals surface area contributed by atoms with Gasteiger partial charge in [-0.25, -0.2) is 4.98 Å². The monoisotopic (exact) mass is 462 g/mol. The largest absolute Gasteiger partial charge is 0.493 e. The van der Waals surface area contributed by atoms with Crippen LogP contribution in [0.1, 0.15) is 44.1 Å². The molecule has 1 aromatic heterocycles. The van der Waals surface area contributed by atoms with Crippen molar-refractivity contribution in [1.82, 2.24) is 19.4 Å². The zero-order valence-corrected chi connectivity index (χ0v) is 21.0. The van der Waals surface area contributed by atoms with Gasteiger partial charge in [-0.1, -0.05) is 30.4 Å². The fourth-order valence-corrected chi connectivity index (χ4v) is 4.67. The Bertz CT molecular complexity index is 1100. The Hall–Kier alpha value is -2.83. The van der Waals surface area contributed by atoms with Gasteiger partial charge in [-0.3, -0.25) is 4.90 Å². The summed E-state index contributed by atoms with van der Waals surface area (Å²) in [5.41, 5.74) is 3.42. The zero-order valence-electron chi connectivity index (χ0n) is 21.0. The number of imidazole rings is 1. The fourth-order valence-electron chi connectivity index (χ4n) is 4.67. The van der Waals surface area contributed by atoms with Gasteiger partial charge in [-0.15, -0.1) is 0 Å². The van der Waals surface area contributed by atoms with E-state index < -0.39 is 0 Å². The van der Waals surface area contributed by atoms with Gasteiger partial charge in [0, 0.05) is 32.7 Å². The Balaban J connectivity index is 1.39. The lowest BCUT2D eigenvalue weighted by molar-refractivity contribution is 0.113. The third-order valence-electron chi connectivity index (χ3n) is 6.72. The van der Waals surface area contributed by atoms with Gasteiger partial charge in [0.15, 0.2) is 11.5 Å². The summed E-state index contributed by atoms with van der Waals surface area (Å²) >= 11 is 0. The van der Waals surface area contributed by atoms with Crippen LogP contribution in [0.4, 0.5) is 0 Å². The maximum absolute atomic E-state index is 6.06. The van der Waals surface area contributed by atoms with Gasteiger partial charge in [-0.05, 0) is 63.6 Å². The van der Waals surface area contributed by atoms with Crippen LogP contribution in [-0.2, 0) is 6.54 Å². The van der Waals surface area contributed by atoms with Crippen LogP contribution in [0.15, 0.2) is 48.5 Å². The van der Waals surface area contributed by atoms with E-state index in [4.69, 9.17) is 14.5 Å². The van der Waals surface area contributed by atoms with Gasteiger partial charge in [0.05, 0.1) is 30.8 Å². The topological polar surface area (TPSA) is 42.8 Å². The number of fused-ring (bicyclic) bond motifs is 1. The standard InChI is InChI=1S/C28H38N4O2/c1-5-10-23-13-14-26(27(21-23)33-4)34-20-9-8-15-32-25-12-7-6-11-24(25)29-28(32)22(2)31-18-16-30(3)17-19-31/h5-7,10-14,21-22H,8-9,15-20H2,1-4H3/b10-5+. The second-order valence-corrected chi connectivity index (χ2v) is 9.09. The summed E-state index contributed by atoms with van der Waals surface area (Å²) in [5.74, 6) is 2.75. The molecule has 0 spiro atoms. The lowest BCUT2D eigenvalue weighted by atomic mass is 10.2. The summed E-state index contributed by atoms with van der Waals surface area (Å²) in [6.07, 6.45) is 6.08. The lowest BCUT2D eigenvalue weighted by Crippen LogP contribution is -2.45. The zero-order chi connectivity index (χ0) is 23.9. The normalized spacial score (nSPS) is 16.4. The number of hydrogen-bond donors (Lipinski definition) is 0. The van der Waals surface area contributed by atoms with Crippen molar-refractivity contribution in [3.8, 4) is 11.5 Å². The van der Waals surface area contributed by atoms with Gasteiger partial charge < -0.3 is 18.9 Å². The molecule has 182 valence electrons. The van der Waals surface area contributed by atoms with E-state index in [9.17, 15) is 0 Å². The molecule has 1 atom stereocenters. The molecule has 0 N–H and O–H groups in total. The van der Waals surface area contributed by atoms with Crippen molar-refractivity contribution in [2.24, 2.45) is 0 Å². The molecule has 0 aliphatic carbocycles. The van der Waals surface area contributed by atoms with E-state index in [0.717, 1.165) is 68.1 Å². The van der Waals surface area contributed by atoms with E-state index >= 15 is 0 Å². The number of aryl methyl sites for hydroxylation is 1. The Kier molecular flexibility index (Phi) is 8.25. The number of rotatable bonds is 10. The summed E-state index contributed by atoms with van der Waals surface area (Å²) in [6, 6.07) is 14.9. The molecule has 34 heavy (non-hydrogen) atoms. The molecule has 1 unspecified atom stereocenters. The van der Waals surface area contributed by atoms with Crippen LogP contribution in [-0.4, -0.2) is 66.3 Å². The first kappa shape index (κ1) is 24.3. The van der Waals surface area contributed by atoms with Crippen molar-refractivity contribution in [1.29, 1.82) is 0 Å². The van der Waals surface area contributed by atoms with Crippen molar-refractivity contribution in [2.45, 2.75) is 39.3 Å². The second-order valence-electron chi connectivity index (χ2n) is 9.09. The highest BCUT2D eigenvalue weighted by Crippen LogP contribution is 2.29. The third kappa shape index (κ3) is 5.62. The van der Waals surface area contributed by atoms with E-state index in [1.165, 1.54) is 11.3 Å². The van der Waals surface area contributed by atoms with Gasteiger partial charge in [0.1, 0.15) is 5.82 Å².